The Morgan fingerprint density at radius 2 is 1.96 bits per heavy atom. The first-order chi connectivity index (χ1) is 12.5. The van der Waals surface area contributed by atoms with E-state index in [4.69, 9.17) is 4.74 Å². The highest BCUT2D eigenvalue weighted by Gasteiger charge is 2.39. The molecule has 2 N–H and O–H groups in total. The summed E-state index contributed by atoms with van der Waals surface area (Å²) in [5.74, 6) is -0.346. The maximum Gasteiger partial charge on any atom is 0.286 e. The zero-order valence-corrected chi connectivity index (χ0v) is 15.1. The zero-order valence-electron chi connectivity index (χ0n) is 14.3. The first kappa shape index (κ1) is 18.0. The van der Waals surface area contributed by atoms with Gasteiger partial charge in [-0.05, 0) is 36.4 Å². The predicted molar refractivity (Wildman–Crippen MR) is 99.3 cm³/mol. The molecular weight excluding hydrogens is 352 g/mol. The molecule has 1 saturated heterocycles. The van der Waals surface area contributed by atoms with Crippen molar-refractivity contribution in [3.63, 3.8) is 0 Å². The van der Waals surface area contributed by atoms with Crippen LogP contribution in [0.5, 0.6) is 5.75 Å². The molecule has 1 aliphatic heterocycles. The van der Waals surface area contributed by atoms with Crippen molar-refractivity contribution in [1.82, 2.24) is 10.6 Å². The molecule has 0 saturated carbocycles. The number of hydrogen-bond acceptors (Lipinski definition) is 5. The van der Waals surface area contributed by atoms with E-state index >= 15 is 0 Å². The van der Waals surface area contributed by atoms with Crippen molar-refractivity contribution < 1.29 is 19.1 Å². The minimum Gasteiger partial charge on any atom is -0.496 e. The SMILES string of the molecule is COc1ccccc1C(=O)NC(c1cccc(C)c1)C1SC(=O)NC1=O. The molecular formula is C19H18N2O4S. The minimum atomic E-state index is -0.733. The Morgan fingerprint density at radius 3 is 2.62 bits per heavy atom. The van der Waals surface area contributed by atoms with Gasteiger partial charge in [0.25, 0.3) is 11.1 Å². The summed E-state index contributed by atoms with van der Waals surface area (Å²) in [7, 11) is 1.49. The third-order valence-corrected chi connectivity index (χ3v) is 5.12. The Balaban J connectivity index is 1.94. The van der Waals surface area contributed by atoms with Crippen molar-refractivity contribution in [2.45, 2.75) is 18.2 Å². The van der Waals surface area contributed by atoms with Gasteiger partial charge in [-0.3, -0.25) is 19.7 Å². The van der Waals surface area contributed by atoms with Crippen LogP contribution in [-0.2, 0) is 4.79 Å². The fourth-order valence-corrected chi connectivity index (χ4v) is 3.76. The van der Waals surface area contributed by atoms with Gasteiger partial charge < -0.3 is 10.1 Å². The van der Waals surface area contributed by atoms with Gasteiger partial charge in [0.15, 0.2) is 0 Å². The maximum absolute atomic E-state index is 12.8. The average Bonchev–Trinajstić information content (AvgIpc) is 2.97. The summed E-state index contributed by atoms with van der Waals surface area (Å²) in [5.41, 5.74) is 2.12. The van der Waals surface area contributed by atoms with Gasteiger partial charge >= 0.3 is 0 Å². The number of thioether (sulfide) groups is 1. The second-order valence-corrected chi connectivity index (χ2v) is 7.00. The lowest BCUT2D eigenvalue weighted by atomic mass is 10.00. The van der Waals surface area contributed by atoms with Crippen LogP contribution >= 0.6 is 11.8 Å². The monoisotopic (exact) mass is 370 g/mol. The van der Waals surface area contributed by atoms with Gasteiger partial charge in [0.1, 0.15) is 11.0 Å². The van der Waals surface area contributed by atoms with Crippen LogP contribution in [0.25, 0.3) is 0 Å². The van der Waals surface area contributed by atoms with Crippen LogP contribution in [0.15, 0.2) is 48.5 Å². The molecule has 2 aromatic carbocycles. The number of imide groups is 1. The molecule has 2 unspecified atom stereocenters. The van der Waals surface area contributed by atoms with Crippen molar-refractivity contribution in [3.8, 4) is 5.75 Å². The smallest absolute Gasteiger partial charge is 0.286 e. The maximum atomic E-state index is 12.8. The molecule has 0 spiro atoms. The van der Waals surface area contributed by atoms with Crippen molar-refractivity contribution in [2.24, 2.45) is 0 Å². The van der Waals surface area contributed by atoms with E-state index in [1.165, 1.54) is 7.11 Å². The molecule has 0 radical (unpaired) electrons. The number of methoxy groups -OCH3 is 1. The van der Waals surface area contributed by atoms with E-state index in [0.717, 1.165) is 22.9 Å². The van der Waals surface area contributed by atoms with Gasteiger partial charge in [-0.15, -0.1) is 0 Å². The van der Waals surface area contributed by atoms with Crippen LogP contribution in [0.2, 0.25) is 0 Å². The molecule has 6 nitrogen and oxygen atoms in total. The van der Waals surface area contributed by atoms with Crippen LogP contribution in [0, 0.1) is 6.92 Å². The van der Waals surface area contributed by atoms with Gasteiger partial charge in [-0.25, -0.2) is 0 Å². The molecule has 1 fully saturated rings. The summed E-state index contributed by atoms with van der Waals surface area (Å²) in [4.78, 5) is 36.6. The van der Waals surface area contributed by atoms with Gasteiger partial charge in [0, 0.05) is 0 Å². The molecule has 0 aliphatic carbocycles. The van der Waals surface area contributed by atoms with Crippen molar-refractivity contribution >= 4 is 28.8 Å². The lowest BCUT2D eigenvalue weighted by Gasteiger charge is -2.23. The number of nitrogens with one attached hydrogen (secondary N) is 2. The second kappa shape index (κ2) is 7.61. The lowest BCUT2D eigenvalue weighted by molar-refractivity contribution is -0.119. The number of hydrogen-bond donors (Lipinski definition) is 2. The number of para-hydroxylation sites is 1. The molecule has 1 aliphatic rings. The lowest BCUT2D eigenvalue weighted by Crippen LogP contribution is -2.39. The number of ether oxygens (including phenoxy) is 1. The summed E-state index contributed by atoms with van der Waals surface area (Å²) in [6.45, 7) is 1.93. The highest BCUT2D eigenvalue weighted by molar-refractivity contribution is 8.15. The number of amides is 3. The standard InChI is InChI=1S/C19H18N2O4S/c1-11-6-5-7-12(10-11)15(16-18(23)21-19(24)26-16)20-17(22)13-8-3-4-9-14(13)25-2/h3-10,15-16H,1-2H3,(H,20,22)(H,21,23,24). The third kappa shape index (κ3) is 3.72. The Hall–Kier alpha value is -2.80. The zero-order chi connectivity index (χ0) is 18.7. The van der Waals surface area contributed by atoms with E-state index in [2.05, 4.69) is 10.6 Å². The van der Waals surface area contributed by atoms with E-state index in [0.29, 0.717) is 11.3 Å². The molecule has 134 valence electrons. The topological polar surface area (TPSA) is 84.5 Å². The fraction of sp³-hybridized carbons (Fsp3) is 0.211. The van der Waals surface area contributed by atoms with Crippen molar-refractivity contribution in [3.05, 3.63) is 65.2 Å². The minimum absolute atomic E-state index is 0.363. The van der Waals surface area contributed by atoms with Gasteiger partial charge in [0.05, 0.1) is 18.7 Å². The Bertz CT molecular complexity index is 868. The predicted octanol–water partition coefficient (Wildman–Crippen LogP) is 2.83. The highest BCUT2D eigenvalue weighted by Crippen LogP contribution is 2.32. The fourth-order valence-electron chi connectivity index (χ4n) is 2.84. The Labute approximate surface area is 155 Å². The number of benzene rings is 2. The molecule has 0 bridgehead atoms. The number of rotatable bonds is 5. The van der Waals surface area contributed by atoms with Crippen molar-refractivity contribution in [2.75, 3.05) is 7.11 Å². The second-order valence-electron chi connectivity index (χ2n) is 5.88. The van der Waals surface area contributed by atoms with Crippen LogP contribution in [0.1, 0.15) is 27.5 Å². The largest absolute Gasteiger partial charge is 0.496 e. The van der Waals surface area contributed by atoms with Crippen LogP contribution in [0.3, 0.4) is 0 Å². The van der Waals surface area contributed by atoms with Gasteiger partial charge in [0.2, 0.25) is 5.91 Å². The number of aryl methyl sites for hydroxylation is 1. The first-order valence-electron chi connectivity index (χ1n) is 8.01. The van der Waals surface area contributed by atoms with Crippen LogP contribution in [0.4, 0.5) is 4.79 Å². The molecule has 7 heteroatoms. The third-order valence-electron chi connectivity index (χ3n) is 4.06. The number of carbonyl (C=O) groups excluding carboxylic acids is 3. The quantitative estimate of drug-likeness (QED) is 0.845. The van der Waals surface area contributed by atoms with Gasteiger partial charge in [-0.1, -0.05) is 42.0 Å². The molecule has 26 heavy (non-hydrogen) atoms. The van der Waals surface area contributed by atoms with E-state index in [1.54, 1.807) is 24.3 Å². The normalized spacial score (nSPS) is 17.5. The molecule has 0 aromatic heterocycles. The Morgan fingerprint density at radius 1 is 1.19 bits per heavy atom. The van der Waals surface area contributed by atoms with Crippen LogP contribution < -0.4 is 15.4 Å². The molecule has 2 atom stereocenters. The molecule has 2 aromatic rings. The summed E-state index contributed by atoms with van der Waals surface area (Å²) >= 11 is 0.884. The molecule has 1 heterocycles. The summed E-state index contributed by atoms with van der Waals surface area (Å²) in [6, 6.07) is 13.7. The summed E-state index contributed by atoms with van der Waals surface area (Å²) < 4.78 is 5.24. The van der Waals surface area contributed by atoms with Gasteiger partial charge in [-0.2, -0.15) is 0 Å². The van der Waals surface area contributed by atoms with E-state index < -0.39 is 22.4 Å². The molecule has 3 rings (SSSR count). The van der Waals surface area contributed by atoms with E-state index in [9.17, 15) is 14.4 Å². The average molecular weight is 370 g/mol. The summed E-state index contributed by atoms with van der Waals surface area (Å²) in [6.07, 6.45) is 0. The van der Waals surface area contributed by atoms with Crippen molar-refractivity contribution in [1.29, 1.82) is 0 Å². The first-order valence-corrected chi connectivity index (χ1v) is 8.89. The molecule has 3 amide bonds. The highest BCUT2D eigenvalue weighted by atomic mass is 32.2. The summed E-state index contributed by atoms with van der Waals surface area (Å²) in [5, 5.41) is 4.02. The number of carbonyl (C=O) groups is 3. The van der Waals surface area contributed by atoms with Crippen LogP contribution in [-0.4, -0.2) is 29.4 Å². The Kier molecular flexibility index (Phi) is 5.27. The van der Waals surface area contributed by atoms with E-state index in [1.807, 2.05) is 31.2 Å². The van der Waals surface area contributed by atoms with E-state index in [-0.39, 0.29) is 5.91 Å².